The smallest absolute Gasteiger partial charge is 0.118 e. The zero-order valence-electron chi connectivity index (χ0n) is 11.3. The van der Waals surface area contributed by atoms with Crippen LogP contribution in [-0.2, 0) is 13.1 Å². The molecule has 1 aromatic heterocycles. The van der Waals surface area contributed by atoms with E-state index in [0.29, 0.717) is 0 Å². The summed E-state index contributed by atoms with van der Waals surface area (Å²) in [5, 5.41) is 3.32. The SMILES string of the molecule is C=CCN(CC)Cc1cc(CNCC)c(C)o1. The van der Waals surface area contributed by atoms with Crippen LogP contribution in [0.4, 0.5) is 0 Å². The average Bonchev–Trinajstić information content (AvgIpc) is 2.66. The van der Waals surface area contributed by atoms with Crippen LogP contribution in [0.5, 0.6) is 0 Å². The number of rotatable bonds is 8. The molecule has 1 heterocycles. The van der Waals surface area contributed by atoms with Crippen LogP contribution in [0, 0.1) is 6.92 Å². The van der Waals surface area contributed by atoms with Gasteiger partial charge in [-0.25, -0.2) is 0 Å². The van der Waals surface area contributed by atoms with Gasteiger partial charge >= 0.3 is 0 Å². The van der Waals surface area contributed by atoms with Crippen LogP contribution < -0.4 is 5.32 Å². The van der Waals surface area contributed by atoms with Crippen molar-refractivity contribution in [3.05, 3.63) is 35.8 Å². The molecule has 0 saturated carbocycles. The first kappa shape index (κ1) is 14.0. The largest absolute Gasteiger partial charge is 0.465 e. The van der Waals surface area contributed by atoms with E-state index in [4.69, 9.17) is 4.42 Å². The Labute approximate surface area is 104 Å². The Morgan fingerprint density at radius 2 is 2.24 bits per heavy atom. The van der Waals surface area contributed by atoms with E-state index in [1.165, 1.54) is 5.56 Å². The van der Waals surface area contributed by atoms with Crippen molar-refractivity contribution in [3.8, 4) is 0 Å². The maximum Gasteiger partial charge on any atom is 0.118 e. The number of nitrogens with one attached hydrogen (secondary N) is 1. The molecular formula is C14H24N2O. The maximum absolute atomic E-state index is 5.77. The highest BCUT2D eigenvalue weighted by atomic mass is 16.3. The minimum atomic E-state index is 0.857. The number of nitrogens with zero attached hydrogens (tertiary/aromatic N) is 1. The van der Waals surface area contributed by atoms with Gasteiger partial charge in [0.1, 0.15) is 11.5 Å². The Balaban J connectivity index is 2.61. The molecule has 0 bridgehead atoms. The van der Waals surface area contributed by atoms with Gasteiger partial charge in [-0.15, -0.1) is 6.58 Å². The molecule has 3 nitrogen and oxygen atoms in total. The summed E-state index contributed by atoms with van der Waals surface area (Å²) >= 11 is 0. The Morgan fingerprint density at radius 1 is 1.47 bits per heavy atom. The van der Waals surface area contributed by atoms with Gasteiger partial charge in [0.05, 0.1) is 6.54 Å². The van der Waals surface area contributed by atoms with Crippen molar-refractivity contribution in [2.24, 2.45) is 0 Å². The fourth-order valence-electron chi connectivity index (χ4n) is 1.81. The summed E-state index contributed by atoms with van der Waals surface area (Å²) in [5.74, 6) is 2.06. The van der Waals surface area contributed by atoms with Crippen molar-refractivity contribution in [2.45, 2.75) is 33.9 Å². The summed E-state index contributed by atoms with van der Waals surface area (Å²) in [5.41, 5.74) is 1.26. The highest BCUT2D eigenvalue weighted by Crippen LogP contribution is 2.16. The lowest BCUT2D eigenvalue weighted by Gasteiger charge is -2.16. The summed E-state index contributed by atoms with van der Waals surface area (Å²) in [6.07, 6.45) is 1.93. The molecule has 0 fully saturated rings. The molecule has 0 aromatic carbocycles. The van der Waals surface area contributed by atoms with Gasteiger partial charge in [0.25, 0.3) is 0 Å². The summed E-state index contributed by atoms with van der Waals surface area (Å²) in [6.45, 7) is 14.7. The molecule has 96 valence electrons. The molecule has 1 rings (SSSR count). The van der Waals surface area contributed by atoms with Crippen molar-refractivity contribution in [1.29, 1.82) is 0 Å². The van der Waals surface area contributed by atoms with Crippen LogP contribution in [0.1, 0.15) is 30.9 Å². The van der Waals surface area contributed by atoms with Gasteiger partial charge in [0.2, 0.25) is 0 Å². The van der Waals surface area contributed by atoms with E-state index >= 15 is 0 Å². The van der Waals surface area contributed by atoms with Crippen molar-refractivity contribution >= 4 is 0 Å². The minimum Gasteiger partial charge on any atom is -0.465 e. The fraction of sp³-hybridized carbons (Fsp3) is 0.571. The van der Waals surface area contributed by atoms with Crippen LogP contribution in [0.15, 0.2) is 23.1 Å². The van der Waals surface area contributed by atoms with E-state index in [0.717, 1.165) is 44.2 Å². The summed E-state index contributed by atoms with van der Waals surface area (Å²) in [7, 11) is 0. The summed E-state index contributed by atoms with van der Waals surface area (Å²) in [4.78, 5) is 2.29. The number of hydrogen-bond donors (Lipinski definition) is 1. The van der Waals surface area contributed by atoms with E-state index < -0.39 is 0 Å². The van der Waals surface area contributed by atoms with Crippen LogP contribution in [-0.4, -0.2) is 24.5 Å². The van der Waals surface area contributed by atoms with E-state index in [1.807, 2.05) is 13.0 Å². The monoisotopic (exact) mass is 236 g/mol. The predicted octanol–water partition coefficient (Wildman–Crippen LogP) is 2.71. The van der Waals surface area contributed by atoms with Gasteiger partial charge in [-0.3, -0.25) is 4.90 Å². The predicted molar refractivity (Wildman–Crippen MR) is 72.0 cm³/mol. The third-order valence-electron chi connectivity index (χ3n) is 2.85. The van der Waals surface area contributed by atoms with E-state index in [9.17, 15) is 0 Å². The molecule has 0 atom stereocenters. The molecular weight excluding hydrogens is 212 g/mol. The second-order valence-electron chi connectivity index (χ2n) is 4.19. The van der Waals surface area contributed by atoms with Crippen molar-refractivity contribution in [3.63, 3.8) is 0 Å². The van der Waals surface area contributed by atoms with Crippen molar-refractivity contribution in [1.82, 2.24) is 10.2 Å². The fourth-order valence-corrected chi connectivity index (χ4v) is 1.81. The quantitative estimate of drug-likeness (QED) is 0.703. The number of likely N-dealkylation sites (N-methyl/N-ethyl adjacent to an activating group) is 1. The van der Waals surface area contributed by atoms with Crippen LogP contribution in [0.25, 0.3) is 0 Å². The average molecular weight is 236 g/mol. The van der Waals surface area contributed by atoms with Gasteiger partial charge in [-0.1, -0.05) is 19.9 Å². The Bertz CT molecular complexity index is 344. The van der Waals surface area contributed by atoms with E-state index in [-0.39, 0.29) is 0 Å². The van der Waals surface area contributed by atoms with Gasteiger partial charge in [-0.05, 0) is 26.1 Å². The number of hydrogen-bond acceptors (Lipinski definition) is 3. The number of aryl methyl sites for hydroxylation is 1. The molecule has 1 N–H and O–H groups in total. The third kappa shape index (κ3) is 4.36. The molecule has 17 heavy (non-hydrogen) atoms. The highest BCUT2D eigenvalue weighted by Gasteiger charge is 2.09. The zero-order valence-corrected chi connectivity index (χ0v) is 11.3. The first-order chi connectivity index (χ1) is 8.21. The lowest BCUT2D eigenvalue weighted by molar-refractivity contribution is 0.279. The summed E-state index contributed by atoms with van der Waals surface area (Å²) < 4.78 is 5.77. The van der Waals surface area contributed by atoms with Gasteiger partial charge in [0.15, 0.2) is 0 Å². The first-order valence-electron chi connectivity index (χ1n) is 6.33. The minimum absolute atomic E-state index is 0.857. The van der Waals surface area contributed by atoms with Crippen molar-refractivity contribution in [2.75, 3.05) is 19.6 Å². The van der Waals surface area contributed by atoms with Crippen LogP contribution >= 0.6 is 0 Å². The molecule has 0 radical (unpaired) electrons. The van der Waals surface area contributed by atoms with Gasteiger partial charge < -0.3 is 9.73 Å². The number of furan rings is 1. The van der Waals surface area contributed by atoms with Gasteiger partial charge in [0, 0.05) is 18.7 Å². The Hall–Kier alpha value is -1.06. The molecule has 3 heteroatoms. The topological polar surface area (TPSA) is 28.4 Å². The standard InChI is InChI=1S/C14H24N2O/c1-5-8-16(7-3)11-14-9-13(10-15-6-2)12(4)17-14/h5,9,15H,1,6-8,10-11H2,2-4H3. The normalized spacial score (nSPS) is 11.1. The van der Waals surface area contributed by atoms with Gasteiger partial charge in [-0.2, -0.15) is 0 Å². The maximum atomic E-state index is 5.77. The van der Waals surface area contributed by atoms with Crippen molar-refractivity contribution < 1.29 is 4.42 Å². The van der Waals surface area contributed by atoms with E-state index in [2.05, 4.69) is 36.7 Å². The molecule has 0 aliphatic heterocycles. The molecule has 0 amide bonds. The third-order valence-corrected chi connectivity index (χ3v) is 2.85. The molecule has 0 saturated heterocycles. The Morgan fingerprint density at radius 3 is 2.82 bits per heavy atom. The van der Waals surface area contributed by atoms with Crippen LogP contribution in [0.2, 0.25) is 0 Å². The molecule has 0 aliphatic carbocycles. The first-order valence-corrected chi connectivity index (χ1v) is 6.33. The second-order valence-corrected chi connectivity index (χ2v) is 4.19. The molecule has 0 unspecified atom stereocenters. The Kier molecular flexibility index (Phi) is 6.01. The second kappa shape index (κ2) is 7.30. The zero-order chi connectivity index (χ0) is 12.7. The molecule has 0 aliphatic rings. The van der Waals surface area contributed by atoms with Crippen LogP contribution in [0.3, 0.4) is 0 Å². The molecule has 1 aromatic rings. The lowest BCUT2D eigenvalue weighted by atomic mass is 10.2. The lowest BCUT2D eigenvalue weighted by Crippen LogP contribution is -2.22. The van der Waals surface area contributed by atoms with E-state index in [1.54, 1.807) is 0 Å². The molecule has 0 spiro atoms. The summed E-state index contributed by atoms with van der Waals surface area (Å²) in [6, 6.07) is 2.16. The highest BCUT2D eigenvalue weighted by molar-refractivity contribution is 5.20.